The molecular formula is C24H25FN6O. The number of aryl methyl sites for hydroxylation is 1. The Morgan fingerprint density at radius 3 is 2.62 bits per heavy atom. The van der Waals surface area contributed by atoms with Crippen molar-refractivity contribution >= 4 is 11.6 Å². The van der Waals surface area contributed by atoms with Crippen LogP contribution in [-0.4, -0.2) is 51.0 Å². The van der Waals surface area contributed by atoms with Gasteiger partial charge < -0.3 is 10.2 Å². The van der Waals surface area contributed by atoms with E-state index in [4.69, 9.17) is 0 Å². The predicted molar refractivity (Wildman–Crippen MR) is 122 cm³/mol. The average Bonchev–Trinajstić information content (AvgIpc) is 3.40. The maximum Gasteiger partial charge on any atom is 0.259 e. The number of amides is 1. The molecule has 1 N–H and O–H groups in total. The monoisotopic (exact) mass is 432 g/mol. The molecule has 4 rings (SSSR count). The zero-order valence-electron chi connectivity index (χ0n) is 18.3. The van der Waals surface area contributed by atoms with E-state index in [0.717, 1.165) is 24.2 Å². The normalized spacial score (nSPS) is 11.2. The highest BCUT2D eigenvalue weighted by molar-refractivity contribution is 6.08. The summed E-state index contributed by atoms with van der Waals surface area (Å²) in [5, 5.41) is 11.9. The standard InChI is InChI=1S/C24H25FN6O/c1-17-5-4-6-18(13-17)23-22(16-31(28-23)21-9-7-19(25)8-10-21)24(32)27-20-14-26-30(15-20)12-11-29(2)3/h4-10,13-16H,11-12H2,1-3H3,(H,27,32). The number of halogens is 1. The number of aromatic nitrogens is 4. The SMILES string of the molecule is Cc1cccc(-c2nn(-c3ccc(F)cc3)cc2C(=O)Nc2cnn(CCN(C)C)c2)c1. The zero-order chi connectivity index (χ0) is 22.7. The van der Waals surface area contributed by atoms with E-state index in [-0.39, 0.29) is 11.7 Å². The fraction of sp³-hybridized carbons (Fsp3) is 0.208. The van der Waals surface area contributed by atoms with Crippen molar-refractivity contribution in [2.75, 3.05) is 26.0 Å². The quantitative estimate of drug-likeness (QED) is 0.479. The molecule has 7 nitrogen and oxygen atoms in total. The second kappa shape index (κ2) is 9.15. The maximum absolute atomic E-state index is 13.4. The lowest BCUT2D eigenvalue weighted by atomic mass is 10.1. The molecule has 2 aromatic carbocycles. The molecule has 0 unspecified atom stereocenters. The van der Waals surface area contributed by atoms with E-state index in [1.54, 1.807) is 40.1 Å². The Balaban J connectivity index is 1.65. The first-order chi connectivity index (χ1) is 15.4. The van der Waals surface area contributed by atoms with Crippen molar-refractivity contribution in [2.45, 2.75) is 13.5 Å². The highest BCUT2D eigenvalue weighted by Gasteiger charge is 2.19. The Bertz CT molecular complexity index is 1230. The molecular weight excluding hydrogens is 407 g/mol. The van der Waals surface area contributed by atoms with Gasteiger partial charge in [-0.15, -0.1) is 0 Å². The molecule has 8 heteroatoms. The summed E-state index contributed by atoms with van der Waals surface area (Å²) in [6.07, 6.45) is 5.10. The molecule has 0 atom stereocenters. The van der Waals surface area contributed by atoms with Gasteiger partial charge in [-0.1, -0.05) is 23.8 Å². The smallest absolute Gasteiger partial charge is 0.259 e. The molecule has 1 amide bonds. The van der Waals surface area contributed by atoms with Gasteiger partial charge in [0.15, 0.2) is 0 Å². The number of benzene rings is 2. The number of nitrogens with one attached hydrogen (secondary N) is 1. The third-order valence-electron chi connectivity index (χ3n) is 5.01. The first kappa shape index (κ1) is 21.5. The van der Waals surface area contributed by atoms with E-state index in [1.807, 2.05) is 45.3 Å². The number of hydrogen-bond donors (Lipinski definition) is 1. The van der Waals surface area contributed by atoms with Gasteiger partial charge in [0.25, 0.3) is 5.91 Å². The predicted octanol–water partition coefficient (Wildman–Crippen LogP) is 4.00. The van der Waals surface area contributed by atoms with E-state index in [1.165, 1.54) is 12.1 Å². The molecule has 0 aliphatic heterocycles. The van der Waals surface area contributed by atoms with Crippen LogP contribution in [0.2, 0.25) is 0 Å². The minimum atomic E-state index is -0.330. The van der Waals surface area contributed by atoms with Crippen LogP contribution in [0.4, 0.5) is 10.1 Å². The van der Waals surface area contributed by atoms with Crippen molar-refractivity contribution in [3.05, 3.63) is 84.1 Å². The number of nitrogens with zero attached hydrogens (tertiary/aromatic N) is 5. The number of carbonyl (C=O) groups is 1. The molecule has 0 spiro atoms. The van der Waals surface area contributed by atoms with Gasteiger partial charge in [0.1, 0.15) is 11.5 Å². The average molecular weight is 433 g/mol. The van der Waals surface area contributed by atoms with Crippen molar-refractivity contribution in [2.24, 2.45) is 0 Å². The fourth-order valence-corrected chi connectivity index (χ4v) is 3.32. The van der Waals surface area contributed by atoms with Gasteiger partial charge in [-0.25, -0.2) is 9.07 Å². The van der Waals surface area contributed by atoms with Gasteiger partial charge in [-0.3, -0.25) is 9.48 Å². The van der Waals surface area contributed by atoms with Crippen LogP contribution in [0.1, 0.15) is 15.9 Å². The zero-order valence-corrected chi connectivity index (χ0v) is 18.3. The van der Waals surface area contributed by atoms with Crippen LogP contribution >= 0.6 is 0 Å². The number of rotatable bonds is 7. The first-order valence-corrected chi connectivity index (χ1v) is 10.3. The molecule has 2 aromatic heterocycles. The number of hydrogen-bond acceptors (Lipinski definition) is 4. The highest BCUT2D eigenvalue weighted by atomic mass is 19.1. The third-order valence-corrected chi connectivity index (χ3v) is 5.01. The summed E-state index contributed by atoms with van der Waals surface area (Å²) in [5.41, 5.74) is 4.14. The number of anilines is 1. The van der Waals surface area contributed by atoms with Crippen LogP contribution < -0.4 is 5.32 Å². The maximum atomic E-state index is 13.4. The molecule has 0 bridgehead atoms. The molecule has 32 heavy (non-hydrogen) atoms. The van der Waals surface area contributed by atoms with Crippen molar-refractivity contribution in [3.8, 4) is 16.9 Å². The van der Waals surface area contributed by atoms with Gasteiger partial charge in [0.2, 0.25) is 0 Å². The van der Waals surface area contributed by atoms with E-state index in [2.05, 4.69) is 20.4 Å². The summed E-state index contributed by atoms with van der Waals surface area (Å²) in [6, 6.07) is 13.8. The molecule has 2 heterocycles. The van der Waals surface area contributed by atoms with Gasteiger partial charge in [-0.05, 0) is 51.4 Å². The Hall–Kier alpha value is -3.78. The number of carbonyl (C=O) groups excluding carboxylic acids is 1. The Morgan fingerprint density at radius 2 is 1.91 bits per heavy atom. The van der Waals surface area contributed by atoms with Crippen molar-refractivity contribution in [1.82, 2.24) is 24.5 Å². The molecule has 0 aliphatic rings. The van der Waals surface area contributed by atoms with E-state index in [0.29, 0.717) is 22.6 Å². The minimum Gasteiger partial charge on any atom is -0.319 e. The van der Waals surface area contributed by atoms with Crippen LogP contribution in [0.15, 0.2) is 67.1 Å². The van der Waals surface area contributed by atoms with Crippen LogP contribution in [0.3, 0.4) is 0 Å². The number of likely N-dealkylation sites (N-methyl/N-ethyl adjacent to an activating group) is 1. The Kier molecular flexibility index (Phi) is 6.13. The van der Waals surface area contributed by atoms with Crippen molar-refractivity contribution < 1.29 is 9.18 Å². The Labute approximate surface area is 186 Å². The van der Waals surface area contributed by atoms with Gasteiger partial charge >= 0.3 is 0 Å². The van der Waals surface area contributed by atoms with Crippen LogP contribution in [0.25, 0.3) is 16.9 Å². The molecule has 4 aromatic rings. The van der Waals surface area contributed by atoms with Gasteiger partial charge in [-0.2, -0.15) is 10.2 Å². The summed E-state index contributed by atoms with van der Waals surface area (Å²) >= 11 is 0. The summed E-state index contributed by atoms with van der Waals surface area (Å²) in [4.78, 5) is 15.3. The lowest BCUT2D eigenvalue weighted by Gasteiger charge is -2.08. The molecule has 0 fully saturated rings. The summed E-state index contributed by atoms with van der Waals surface area (Å²) in [7, 11) is 4.00. The summed E-state index contributed by atoms with van der Waals surface area (Å²) in [6.45, 7) is 3.55. The van der Waals surface area contributed by atoms with Crippen LogP contribution in [0.5, 0.6) is 0 Å². The topological polar surface area (TPSA) is 68.0 Å². The van der Waals surface area contributed by atoms with Crippen molar-refractivity contribution in [3.63, 3.8) is 0 Å². The lowest BCUT2D eigenvalue weighted by molar-refractivity contribution is 0.102. The highest BCUT2D eigenvalue weighted by Crippen LogP contribution is 2.25. The lowest BCUT2D eigenvalue weighted by Crippen LogP contribution is -2.18. The third kappa shape index (κ3) is 4.92. The molecule has 0 radical (unpaired) electrons. The van der Waals surface area contributed by atoms with Gasteiger partial charge in [0, 0.05) is 24.5 Å². The Morgan fingerprint density at radius 1 is 1.12 bits per heavy atom. The second-order valence-corrected chi connectivity index (χ2v) is 7.93. The summed E-state index contributed by atoms with van der Waals surface area (Å²) in [5.74, 6) is -0.619. The van der Waals surface area contributed by atoms with Crippen molar-refractivity contribution in [1.29, 1.82) is 0 Å². The molecule has 0 saturated heterocycles. The molecule has 0 aliphatic carbocycles. The second-order valence-electron chi connectivity index (χ2n) is 7.93. The first-order valence-electron chi connectivity index (χ1n) is 10.3. The van der Waals surface area contributed by atoms with Crippen LogP contribution in [-0.2, 0) is 6.54 Å². The largest absolute Gasteiger partial charge is 0.319 e. The fourth-order valence-electron chi connectivity index (χ4n) is 3.32. The van der Waals surface area contributed by atoms with E-state index in [9.17, 15) is 9.18 Å². The molecule has 164 valence electrons. The minimum absolute atomic E-state index is 0.290. The summed E-state index contributed by atoms with van der Waals surface area (Å²) < 4.78 is 16.7. The van der Waals surface area contributed by atoms with Crippen LogP contribution in [0, 0.1) is 12.7 Å². The van der Waals surface area contributed by atoms with E-state index >= 15 is 0 Å². The van der Waals surface area contributed by atoms with Gasteiger partial charge in [0.05, 0.1) is 29.7 Å². The molecule has 0 saturated carbocycles. The van der Waals surface area contributed by atoms with E-state index < -0.39 is 0 Å².